The molecule has 0 radical (unpaired) electrons. The third-order valence-electron chi connectivity index (χ3n) is 1.59. The van der Waals surface area contributed by atoms with E-state index < -0.39 is 10.0 Å². The fourth-order valence-corrected chi connectivity index (χ4v) is 2.85. The summed E-state index contributed by atoms with van der Waals surface area (Å²) in [7, 11) is -3.69. The molecule has 0 saturated carbocycles. The van der Waals surface area contributed by atoms with Crippen LogP contribution in [0.25, 0.3) is 11.3 Å². The van der Waals surface area contributed by atoms with Crippen molar-refractivity contribution in [1.82, 2.24) is 5.16 Å². The Labute approximate surface area is 96.3 Å². The minimum atomic E-state index is -3.69. The van der Waals surface area contributed by atoms with E-state index in [4.69, 9.17) is 9.66 Å². The molecule has 2 rings (SSSR count). The SMILES string of the molecule is Cl.NS(=O)(=O)c1sccc1-c1ccno1. The molecule has 0 fully saturated rings. The van der Waals surface area contributed by atoms with Crippen LogP contribution in [-0.4, -0.2) is 13.6 Å². The molecule has 0 aliphatic carbocycles. The summed E-state index contributed by atoms with van der Waals surface area (Å²) >= 11 is 1.05. The molecule has 0 atom stereocenters. The molecule has 0 bridgehead atoms. The van der Waals surface area contributed by atoms with Gasteiger partial charge in [-0.15, -0.1) is 23.7 Å². The summed E-state index contributed by atoms with van der Waals surface area (Å²) in [5, 5.41) is 10.2. The van der Waals surface area contributed by atoms with Gasteiger partial charge in [-0.05, 0) is 11.4 Å². The molecule has 8 heteroatoms. The van der Waals surface area contributed by atoms with E-state index in [1.807, 2.05) is 0 Å². The molecule has 15 heavy (non-hydrogen) atoms. The van der Waals surface area contributed by atoms with E-state index >= 15 is 0 Å². The first-order valence-electron chi connectivity index (χ1n) is 3.60. The highest BCUT2D eigenvalue weighted by molar-refractivity contribution is 7.91. The normalized spacial score (nSPS) is 11.0. The lowest BCUT2D eigenvalue weighted by atomic mass is 10.3. The Kier molecular flexibility index (Phi) is 3.50. The van der Waals surface area contributed by atoms with E-state index in [0.29, 0.717) is 11.3 Å². The van der Waals surface area contributed by atoms with E-state index in [1.165, 1.54) is 6.20 Å². The van der Waals surface area contributed by atoms with Crippen LogP contribution in [-0.2, 0) is 10.0 Å². The van der Waals surface area contributed by atoms with Gasteiger partial charge in [0.2, 0.25) is 10.0 Å². The number of nitrogens with two attached hydrogens (primary N) is 1. The van der Waals surface area contributed by atoms with Crippen LogP contribution in [0.1, 0.15) is 0 Å². The minimum absolute atomic E-state index is 0. The summed E-state index contributed by atoms with van der Waals surface area (Å²) in [5.74, 6) is 0.398. The van der Waals surface area contributed by atoms with Gasteiger partial charge < -0.3 is 4.52 Å². The Hall–Kier alpha value is -0.890. The topological polar surface area (TPSA) is 86.2 Å². The first-order valence-corrected chi connectivity index (χ1v) is 6.03. The Bertz CT molecular complexity index is 532. The van der Waals surface area contributed by atoms with Crippen LogP contribution in [0.3, 0.4) is 0 Å². The zero-order valence-corrected chi connectivity index (χ0v) is 9.73. The van der Waals surface area contributed by atoms with Crippen molar-refractivity contribution < 1.29 is 12.9 Å². The molecule has 0 aromatic carbocycles. The predicted octanol–water partition coefficient (Wildman–Crippen LogP) is 1.47. The molecular formula is C7H7ClN2O3S2. The minimum Gasteiger partial charge on any atom is -0.356 e. The second-order valence-electron chi connectivity index (χ2n) is 2.54. The van der Waals surface area contributed by atoms with Gasteiger partial charge in [-0.3, -0.25) is 0 Å². The van der Waals surface area contributed by atoms with Crippen LogP contribution in [0.15, 0.2) is 32.4 Å². The second-order valence-corrected chi connectivity index (χ2v) is 5.22. The quantitative estimate of drug-likeness (QED) is 0.892. The molecule has 0 amide bonds. The predicted molar refractivity (Wildman–Crippen MR) is 58.4 cm³/mol. The first kappa shape index (κ1) is 12.2. The Morgan fingerprint density at radius 1 is 1.40 bits per heavy atom. The zero-order chi connectivity index (χ0) is 10.2. The van der Waals surface area contributed by atoms with Gasteiger partial charge in [-0.1, -0.05) is 5.16 Å². The van der Waals surface area contributed by atoms with Gasteiger partial charge in [0.25, 0.3) is 0 Å². The third kappa shape index (κ3) is 2.37. The lowest BCUT2D eigenvalue weighted by Gasteiger charge is -1.95. The van der Waals surface area contributed by atoms with Crippen LogP contribution in [0.2, 0.25) is 0 Å². The largest absolute Gasteiger partial charge is 0.356 e. The first-order chi connectivity index (χ1) is 6.59. The summed E-state index contributed by atoms with van der Waals surface area (Å²) < 4.78 is 27.2. The molecular weight excluding hydrogens is 260 g/mol. The van der Waals surface area contributed by atoms with Crippen molar-refractivity contribution in [3.63, 3.8) is 0 Å². The van der Waals surface area contributed by atoms with E-state index in [-0.39, 0.29) is 16.6 Å². The summed E-state index contributed by atoms with van der Waals surface area (Å²) in [6.45, 7) is 0. The lowest BCUT2D eigenvalue weighted by Crippen LogP contribution is -2.11. The van der Waals surface area contributed by atoms with E-state index in [1.54, 1.807) is 17.5 Å². The van der Waals surface area contributed by atoms with Crippen LogP contribution < -0.4 is 5.14 Å². The number of sulfonamides is 1. The highest BCUT2D eigenvalue weighted by Gasteiger charge is 2.18. The molecule has 2 heterocycles. The van der Waals surface area contributed by atoms with Gasteiger partial charge in [0.15, 0.2) is 5.76 Å². The molecule has 0 saturated heterocycles. The Morgan fingerprint density at radius 2 is 2.13 bits per heavy atom. The number of nitrogens with zero attached hydrogens (tertiary/aromatic N) is 1. The maximum Gasteiger partial charge on any atom is 0.248 e. The van der Waals surface area contributed by atoms with Crippen molar-refractivity contribution in [3.05, 3.63) is 23.7 Å². The summed E-state index contributed by atoms with van der Waals surface area (Å²) in [6.07, 6.45) is 1.44. The van der Waals surface area contributed by atoms with Crippen molar-refractivity contribution in [1.29, 1.82) is 0 Å². The van der Waals surface area contributed by atoms with Gasteiger partial charge in [-0.25, -0.2) is 13.6 Å². The van der Waals surface area contributed by atoms with E-state index in [0.717, 1.165) is 11.3 Å². The Balaban J connectivity index is 0.00000112. The molecule has 0 spiro atoms. The summed E-state index contributed by atoms with van der Waals surface area (Å²) in [4.78, 5) is 0. The van der Waals surface area contributed by atoms with Crippen molar-refractivity contribution in [2.24, 2.45) is 5.14 Å². The number of thiophene rings is 1. The van der Waals surface area contributed by atoms with Gasteiger partial charge in [0, 0.05) is 6.07 Å². The standard InChI is InChI=1S/C7H6N2O3S2.ClH/c8-14(10,11)7-5(2-4-13-7)6-1-3-9-12-6;/h1-4H,(H2,8,10,11);1H. The molecule has 0 unspecified atom stereocenters. The molecule has 2 N–H and O–H groups in total. The van der Waals surface area contributed by atoms with Gasteiger partial charge in [-0.2, -0.15) is 0 Å². The Morgan fingerprint density at radius 3 is 2.67 bits per heavy atom. The smallest absolute Gasteiger partial charge is 0.248 e. The number of rotatable bonds is 2. The van der Waals surface area contributed by atoms with Gasteiger partial charge in [0.1, 0.15) is 4.21 Å². The number of halogens is 1. The molecule has 82 valence electrons. The highest BCUT2D eigenvalue weighted by Crippen LogP contribution is 2.30. The van der Waals surface area contributed by atoms with Crippen molar-refractivity contribution in [2.45, 2.75) is 4.21 Å². The zero-order valence-electron chi connectivity index (χ0n) is 7.28. The maximum atomic E-state index is 11.1. The van der Waals surface area contributed by atoms with Crippen molar-refractivity contribution in [2.75, 3.05) is 0 Å². The molecule has 0 aliphatic rings. The average molecular weight is 267 g/mol. The number of hydrogen-bond donors (Lipinski definition) is 1. The average Bonchev–Trinajstić information content (AvgIpc) is 2.73. The van der Waals surface area contributed by atoms with E-state index in [9.17, 15) is 8.42 Å². The van der Waals surface area contributed by atoms with E-state index in [2.05, 4.69) is 5.16 Å². The number of primary sulfonamides is 1. The summed E-state index contributed by atoms with van der Waals surface area (Å²) in [5.41, 5.74) is 0.454. The van der Waals surface area contributed by atoms with Crippen LogP contribution in [0.5, 0.6) is 0 Å². The maximum absolute atomic E-state index is 11.1. The highest BCUT2D eigenvalue weighted by atomic mass is 35.5. The van der Waals surface area contributed by atoms with Crippen LogP contribution in [0, 0.1) is 0 Å². The lowest BCUT2D eigenvalue weighted by molar-refractivity contribution is 0.431. The van der Waals surface area contributed by atoms with Crippen LogP contribution >= 0.6 is 23.7 Å². The second kappa shape index (κ2) is 4.31. The molecule has 2 aromatic heterocycles. The molecule has 2 aromatic rings. The van der Waals surface area contributed by atoms with Gasteiger partial charge >= 0.3 is 0 Å². The fraction of sp³-hybridized carbons (Fsp3) is 0. The molecule has 5 nitrogen and oxygen atoms in total. The van der Waals surface area contributed by atoms with Crippen molar-refractivity contribution in [3.8, 4) is 11.3 Å². The van der Waals surface area contributed by atoms with Crippen molar-refractivity contribution >= 4 is 33.8 Å². The fourth-order valence-electron chi connectivity index (χ4n) is 1.05. The van der Waals surface area contributed by atoms with Gasteiger partial charge in [0.05, 0.1) is 11.8 Å². The summed E-state index contributed by atoms with van der Waals surface area (Å²) in [6, 6.07) is 3.21. The van der Waals surface area contributed by atoms with Crippen LogP contribution in [0.4, 0.5) is 0 Å². The number of hydrogen-bond acceptors (Lipinski definition) is 5. The third-order valence-corrected chi connectivity index (χ3v) is 4.02. The monoisotopic (exact) mass is 266 g/mol. The molecule has 0 aliphatic heterocycles. The number of aromatic nitrogens is 1.